The van der Waals surface area contributed by atoms with E-state index in [4.69, 9.17) is 5.73 Å². The molecule has 0 saturated heterocycles. The normalized spacial score (nSPS) is 11.0. The van der Waals surface area contributed by atoms with Crippen molar-refractivity contribution in [2.45, 2.75) is 26.8 Å². The molecule has 0 radical (unpaired) electrons. The number of rotatable bonds is 4. The summed E-state index contributed by atoms with van der Waals surface area (Å²) >= 11 is 1.67. The second-order valence-electron chi connectivity index (χ2n) is 4.87. The Hall–Kier alpha value is -2.21. The van der Waals surface area contributed by atoms with E-state index in [1.165, 1.54) is 10.4 Å². The molecule has 3 N–H and O–H groups in total. The lowest BCUT2D eigenvalue weighted by molar-refractivity contribution is 1.06. The number of fused-ring (bicyclic) bond motifs is 1. The van der Waals surface area contributed by atoms with Crippen LogP contribution >= 0.6 is 11.3 Å². The van der Waals surface area contributed by atoms with E-state index < -0.39 is 0 Å². The average molecular weight is 299 g/mol. The Morgan fingerprint density at radius 2 is 2.19 bits per heavy atom. The van der Waals surface area contributed by atoms with E-state index in [1.807, 2.05) is 12.3 Å². The summed E-state index contributed by atoms with van der Waals surface area (Å²) in [6.07, 6.45) is 4.66. The van der Waals surface area contributed by atoms with Gasteiger partial charge in [0, 0.05) is 23.8 Å². The van der Waals surface area contributed by atoms with Gasteiger partial charge >= 0.3 is 0 Å². The van der Waals surface area contributed by atoms with Crippen LogP contribution in [-0.4, -0.2) is 15.0 Å². The number of nitrogens with two attached hydrogens (primary N) is 1. The molecular weight excluding hydrogens is 282 g/mol. The molecule has 3 heterocycles. The van der Waals surface area contributed by atoms with Gasteiger partial charge in [-0.05, 0) is 36.6 Å². The van der Waals surface area contributed by atoms with Gasteiger partial charge < -0.3 is 11.1 Å². The smallest absolute Gasteiger partial charge is 0.223 e. The number of aromatic nitrogens is 3. The van der Waals surface area contributed by atoms with Crippen molar-refractivity contribution >= 4 is 33.3 Å². The fourth-order valence-electron chi connectivity index (χ4n) is 2.16. The van der Waals surface area contributed by atoms with Crippen molar-refractivity contribution in [2.75, 3.05) is 11.1 Å². The molecule has 0 atom stereocenters. The average Bonchev–Trinajstić information content (AvgIpc) is 2.89. The van der Waals surface area contributed by atoms with Gasteiger partial charge in [-0.25, -0.2) is 4.98 Å². The molecule has 3 aromatic rings. The zero-order valence-electron chi connectivity index (χ0n) is 12.1. The monoisotopic (exact) mass is 299 g/mol. The maximum Gasteiger partial charge on any atom is 0.223 e. The van der Waals surface area contributed by atoms with Gasteiger partial charge in [0.05, 0.1) is 5.39 Å². The lowest BCUT2D eigenvalue weighted by atomic mass is 10.1. The first kappa shape index (κ1) is 13.8. The lowest BCUT2D eigenvalue weighted by Crippen LogP contribution is -2.06. The second-order valence-corrected chi connectivity index (χ2v) is 5.99. The Morgan fingerprint density at radius 3 is 2.95 bits per heavy atom. The molecule has 6 heteroatoms. The third-order valence-electron chi connectivity index (χ3n) is 3.40. The largest absolute Gasteiger partial charge is 0.368 e. The number of nitrogens with one attached hydrogen (secondary N) is 1. The van der Waals surface area contributed by atoms with E-state index >= 15 is 0 Å². The minimum atomic E-state index is 0.303. The molecule has 5 nitrogen and oxygen atoms in total. The topological polar surface area (TPSA) is 76.7 Å². The van der Waals surface area contributed by atoms with Crippen molar-refractivity contribution in [1.82, 2.24) is 15.0 Å². The molecule has 0 bridgehead atoms. The molecule has 0 spiro atoms. The van der Waals surface area contributed by atoms with E-state index in [0.29, 0.717) is 12.5 Å². The van der Waals surface area contributed by atoms with Crippen molar-refractivity contribution < 1.29 is 0 Å². The first-order valence-electron chi connectivity index (χ1n) is 6.86. The predicted molar refractivity (Wildman–Crippen MR) is 87.5 cm³/mol. The van der Waals surface area contributed by atoms with Crippen LogP contribution in [0.25, 0.3) is 10.2 Å². The fraction of sp³-hybridized carbons (Fsp3) is 0.267. The number of hydrogen-bond donors (Lipinski definition) is 2. The summed E-state index contributed by atoms with van der Waals surface area (Å²) in [7, 11) is 0. The summed E-state index contributed by atoms with van der Waals surface area (Å²) in [5.41, 5.74) is 8.16. The van der Waals surface area contributed by atoms with Crippen LogP contribution in [0.5, 0.6) is 0 Å². The Labute approximate surface area is 127 Å². The maximum atomic E-state index is 5.81. The molecular formula is C15H17N5S. The molecule has 0 aliphatic rings. The third-order valence-corrected chi connectivity index (χ3v) is 4.58. The highest BCUT2D eigenvalue weighted by atomic mass is 32.1. The Kier molecular flexibility index (Phi) is 3.70. The van der Waals surface area contributed by atoms with Crippen LogP contribution < -0.4 is 11.1 Å². The van der Waals surface area contributed by atoms with Gasteiger partial charge in [-0.1, -0.05) is 6.92 Å². The summed E-state index contributed by atoms with van der Waals surface area (Å²) in [6, 6.07) is 4.14. The number of nitrogen functional groups attached to an aromatic ring is 1. The molecule has 21 heavy (non-hydrogen) atoms. The minimum Gasteiger partial charge on any atom is -0.368 e. The minimum absolute atomic E-state index is 0.303. The first-order valence-corrected chi connectivity index (χ1v) is 7.68. The predicted octanol–water partition coefficient (Wildman–Crippen LogP) is 3.15. The summed E-state index contributed by atoms with van der Waals surface area (Å²) in [5, 5.41) is 4.39. The number of nitrogens with zero attached hydrogens (tertiary/aromatic N) is 3. The molecule has 0 aliphatic carbocycles. The summed E-state index contributed by atoms with van der Waals surface area (Å²) in [6.45, 7) is 4.87. The molecule has 0 fully saturated rings. The standard InChI is InChI=1S/C15H17N5S/c1-3-11-6-12-13(19-15(16)20-14(12)21-11)18-8-10-7-17-5-4-9(10)2/h4-7H,3,8H2,1-2H3,(H3,16,18,19,20). The number of hydrogen-bond acceptors (Lipinski definition) is 6. The quantitative estimate of drug-likeness (QED) is 0.774. The number of pyridine rings is 1. The van der Waals surface area contributed by atoms with Crippen molar-refractivity contribution in [3.63, 3.8) is 0 Å². The number of anilines is 2. The van der Waals surface area contributed by atoms with Gasteiger partial charge in [-0.2, -0.15) is 4.98 Å². The maximum absolute atomic E-state index is 5.81. The van der Waals surface area contributed by atoms with E-state index in [0.717, 1.165) is 28.0 Å². The Bertz CT molecular complexity index is 781. The highest BCUT2D eigenvalue weighted by molar-refractivity contribution is 7.18. The van der Waals surface area contributed by atoms with Crippen molar-refractivity contribution in [3.05, 3.63) is 40.5 Å². The van der Waals surface area contributed by atoms with Crippen LogP contribution in [0.4, 0.5) is 11.8 Å². The molecule has 0 unspecified atom stereocenters. The summed E-state index contributed by atoms with van der Waals surface area (Å²) in [5.74, 6) is 1.09. The number of thiophene rings is 1. The van der Waals surface area contributed by atoms with E-state index in [1.54, 1.807) is 17.5 Å². The summed E-state index contributed by atoms with van der Waals surface area (Å²) < 4.78 is 0. The first-order chi connectivity index (χ1) is 10.2. The lowest BCUT2D eigenvalue weighted by Gasteiger charge is -2.09. The van der Waals surface area contributed by atoms with Gasteiger partial charge in [0.25, 0.3) is 0 Å². The third kappa shape index (κ3) is 2.80. The van der Waals surface area contributed by atoms with Gasteiger partial charge in [0.2, 0.25) is 5.95 Å². The zero-order chi connectivity index (χ0) is 14.8. The van der Waals surface area contributed by atoms with Crippen LogP contribution in [0.3, 0.4) is 0 Å². The zero-order valence-corrected chi connectivity index (χ0v) is 12.9. The van der Waals surface area contributed by atoms with Gasteiger partial charge in [0.15, 0.2) is 0 Å². The van der Waals surface area contributed by atoms with E-state index in [-0.39, 0.29) is 0 Å². The molecule has 3 rings (SSSR count). The van der Waals surface area contributed by atoms with Crippen LogP contribution in [0.15, 0.2) is 24.5 Å². The van der Waals surface area contributed by atoms with Gasteiger partial charge in [0.1, 0.15) is 10.6 Å². The van der Waals surface area contributed by atoms with E-state index in [9.17, 15) is 0 Å². The van der Waals surface area contributed by atoms with Crippen molar-refractivity contribution in [2.24, 2.45) is 0 Å². The molecule has 0 saturated carbocycles. The molecule has 3 aromatic heterocycles. The molecule has 0 aromatic carbocycles. The highest BCUT2D eigenvalue weighted by Gasteiger charge is 2.10. The molecule has 108 valence electrons. The second kappa shape index (κ2) is 5.65. The summed E-state index contributed by atoms with van der Waals surface area (Å²) in [4.78, 5) is 15.0. The van der Waals surface area contributed by atoms with Crippen LogP contribution in [-0.2, 0) is 13.0 Å². The molecule has 0 aliphatic heterocycles. The van der Waals surface area contributed by atoms with Crippen LogP contribution in [0, 0.1) is 6.92 Å². The fourth-order valence-corrected chi connectivity index (χ4v) is 3.13. The van der Waals surface area contributed by atoms with Gasteiger partial charge in [-0.15, -0.1) is 11.3 Å². The van der Waals surface area contributed by atoms with Crippen LogP contribution in [0.2, 0.25) is 0 Å². The van der Waals surface area contributed by atoms with Crippen molar-refractivity contribution in [3.8, 4) is 0 Å². The van der Waals surface area contributed by atoms with E-state index in [2.05, 4.69) is 40.2 Å². The Morgan fingerprint density at radius 1 is 1.33 bits per heavy atom. The number of aryl methyl sites for hydroxylation is 2. The highest BCUT2D eigenvalue weighted by Crippen LogP contribution is 2.30. The molecule has 0 amide bonds. The SMILES string of the molecule is CCc1cc2c(NCc3cnccc3C)nc(N)nc2s1. The van der Waals surface area contributed by atoms with Crippen LogP contribution in [0.1, 0.15) is 22.9 Å². The Balaban J connectivity index is 1.93. The van der Waals surface area contributed by atoms with Crippen molar-refractivity contribution in [1.29, 1.82) is 0 Å². The van der Waals surface area contributed by atoms with Gasteiger partial charge in [-0.3, -0.25) is 4.98 Å².